The largest absolute Gasteiger partial charge is 0.273 e. The lowest BCUT2D eigenvalue weighted by atomic mass is 9.99. The fourth-order valence-electron chi connectivity index (χ4n) is 2.31. The molecule has 2 rings (SSSR count). The Morgan fingerprint density at radius 2 is 2.09 bits per heavy atom. The summed E-state index contributed by atoms with van der Waals surface area (Å²) in [6.45, 7) is 6.06. The topological polar surface area (TPSA) is 82.9 Å². The lowest BCUT2D eigenvalue weighted by Crippen LogP contribution is -2.25. The minimum Gasteiger partial charge on any atom is -0.273 e. The molecule has 0 unspecified atom stereocenters. The van der Waals surface area contributed by atoms with Crippen molar-refractivity contribution in [3.8, 4) is 0 Å². The van der Waals surface area contributed by atoms with Crippen LogP contribution in [0.3, 0.4) is 0 Å². The molecule has 1 atom stereocenters. The fourth-order valence-corrected chi connectivity index (χ4v) is 2.31. The highest BCUT2D eigenvalue weighted by molar-refractivity contribution is 6.07. The van der Waals surface area contributed by atoms with Crippen molar-refractivity contribution in [1.82, 2.24) is 10.9 Å². The second kappa shape index (κ2) is 7.67. The van der Waals surface area contributed by atoms with Gasteiger partial charge in [0.1, 0.15) is 0 Å². The number of hydrogen-bond donors (Lipinski definition) is 2. The van der Waals surface area contributed by atoms with Gasteiger partial charge in [-0.25, -0.2) is 10.9 Å². The van der Waals surface area contributed by atoms with E-state index in [0.717, 1.165) is 11.3 Å². The lowest BCUT2D eigenvalue weighted by molar-refractivity contribution is -0.123. The van der Waals surface area contributed by atoms with E-state index < -0.39 is 0 Å². The molecule has 0 radical (unpaired) electrons. The third-order valence-electron chi connectivity index (χ3n) is 3.83. The molecule has 122 valence electrons. The summed E-state index contributed by atoms with van der Waals surface area (Å²) in [6, 6.07) is 8.03. The second-order valence-electron chi connectivity index (χ2n) is 5.94. The van der Waals surface area contributed by atoms with Gasteiger partial charge in [-0.15, -0.1) is 0 Å². The third-order valence-corrected chi connectivity index (χ3v) is 3.83. The first-order chi connectivity index (χ1) is 11.0. The van der Waals surface area contributed by atoms with Gasteiger partial charge >= 0.3 is 0 Å². The second-order valence-corrected chi connectivity index (χ2v) is 5.94. The zero-order valence-electron chi connectivity index (χ0n) is 13.7. The minimum atomic E-state index is -0.312. The molecule has 0 fully saturated rings. The zero-order valence-corrected chi connectivity index (χ0v) is 13.7. The van der Waals surface area contributed by atoms with E-state index in [0.29, 0.717) is 12.3 Å². The lowest BCUT2D eigenvalue weighted by Gasteiger charge is -2.06. The van der Waals surface area contributed by atoms with Crippen LogP contribution in [-0.4, -0.2) is 23.7 Å². The number of hydrogen-bond acceptors (Lipinski definition) is 4. The first-order valence-corrected chi connectivity index (χ1v) is 7.73. The van der Waals surface area contributed by atoms with Gasteiger partial charge in [0.25, 0.3) is 0 Å². The van der Waals surface area contributed by atoms with E-state index in [4.69, 9.17) is 0 Å². The number of amides is 2. The highest BCUT2D eigenvalue weighted by Gasteiger charge is 2.26. The normalized spacial score (nSPS) is 17.5. The van der Waals surface area contributed by atoms with Crippen molar-refractivity contribution in [2.75, 3.05) is 0 Å². The molecule has 1 heterocycles. The van der Waals surface area contributed by atoms with E-state index in [2.05, 4.69) is 47.0 Å². The van der Waals surface area contributed by atoms with Gasteiger partial charge in [0, 0.05) is 12.1 Å². The average molecular weight is 314 g/mol. The van der Waals surface area contributed by atoms with E-state index in [1.54, 1.807) is 13.1 Å². The smallest absolute Gasteiger partial charge is 0.248 e. The highest BCUT2D eigenvalue weighted by atomic mass is 16.2. The molecule has 2 N–H and O–H groups in total. The van der Waals surface area contributed by atoms with E-state index in [1.807, 2.05) is 12.1 Å². The van der Waals surface area contributed by atoms with Crippen LogP contribution < -0.4 is 10.9 Å². The van der Waals surface area contributed by atoms with Gasteiger partial charge in [-0.3, -0.25) is 9.59 Å². The van der Waals surface area contributed by atoms with E-state index in [1.165, 1.54) is 5.56 Å². The van der Waals surface area contributed by atoms with Gasteiger partial charge in [-0.1, -0.05) is 38.1 Å². The Labute approximate surface area is 136 Å². The molecular weight excluding hydrogens is 292 g/mol. The van der Waals surface area contributed by atoms with Gasteiger partial charge in [-0.05, 0) is 30.4 Å². The molecule has 0 spiro atoms. The van der Waals surface area contributed by atoms with Crippen LogP contribution in [0, 0.1) is 5.92 Å². The van der Waals surface area contributed by atoms with Crippen LogP contribution in [0.4, 0.5) is 0 Å². The van der Waals surface area contributed by atoms with Crippen LogP contribution in [0.25, 0.3) is 0 Å². The Bertz CT molecular complexity index is 632. The van der Waals surface area contributed by atoms with Gasteiger partial charge in [0.05, 0.1) is 12.1 Å². The predicted octanol–water partition coefficient (Wildman–Crippen LogP) is 2.16. The molecule has 0 saturated heterocycles. The Balaban J connectivity index is 1.77. The number of carbonyl (C=O) groups is 2. The Kier molecular flexibility index (Phi) is 5.62. The van der Waals surface area contributed by atoms with Crippen molar-refractivity contribution < 1.29 is 9.59 Å². The molecule has 1 aliphatic rings. The minimum absolute atomic E-state index is 0.149. The van der Waals surface area contributed by atoms with Crippen LogP contribution in [0.15, 0.2) is 34.5 Å². The number of benzene rings is 1. The first kappa shape index (κ1) is 16.9. The summed E-state index contributed by atoms with van der Waals surface area (Å²) in [5.74, 6) is -0.189. The van der Waals surface area contributed by atoms with Crippen molar-refractivity contribution in [3.63, 3.8) is 0 Å². The standard InChI is InChI=1S/C17H22N4O2/c1-11(2)14-6-4-13(5-7-14)10-18-20-16(22)9-8-15-12(3)19-21-17(15)23/h4-7,10-11,15H,8-9H2,1-3H3,(H,20,22)(H,21,23)/b18-10-/t15-/m0/s1. The number of nitrogens with zero attached hydrogens (tertiary/aromatic N) is 2. The third kappa shape index (κ3) is 4.74. The molecule has 23 heavy (non-hydrogen) atoms. The summed E-state index contributed by atoms with van der Waals surface area (Å²) >= 11 is 0. The summed E-state index contributed by atoms with van der Waals surface area (Å²) in [4.78, 5) is 23.2. The molecule has 2 amide bonds. The summed E-state index contributed by atoms with van der Waals surface area (Å²) in [7, 11) is 0. The Morgan fingerprint density at radius 3 is 2.65 bits per heavy atom. The van der Waals surface area contributed by atoms with Crippen LogP contribution in [-0.2, 0) is 9.59 Å². The molecule has 1 aliphatic heterocycles. The maximum Gasteiger partial charge on any atom is 0.248 e. The number of hydrazone groups is 2. The summed E-state index contributed by atoms with van der Waals surface area (Å²) in [5, 5.41) is 7.80. The molecule has 6 heteroatoms. The molecule has 1 aromatic carbocycles. The maximum atomic E-state index is 11.8. The predicted molar refractivity (Wildman–Crippen MR) is 90.2 cm³/mol. The fraction of sp³-hybridized carbons (Fsp3) is 0.412. The van der Waals surface area contributed by atoms with Gasteiger partial charge in [0.15, 0.2) is 0 Å². The quantitative estimate of drug-likeness (QED) is 0.623. The molecule has 0 aliphatic carbocycles. The Hall–Kier alpha value is -2.50. The van der Waals surface area contributed by atoms with Crippen molar-refractivity contribution in [3.05, 3.63) is 35.4 Å². The first-order valence-electron chi connectivity index (χ1n) is 7.73. The van der Waals surface area contributed by atoms with E-state index >= 15 is 0 Å². The van der Waals surface area contributed by atoms with Crippen LogP contribution in [0.5, 0.6) is 0 Å². The van der Waals surface area contributed by atoms with Crippen molar-refractivity contribution in [2.24, 2.45) is 16.1 Å². The average Bonchev–Trinajstić information content (AvgIpc) is 2.84. The summed E-state index contributed by atoms with van der Waals surface area (Å²) in [5.41, 5.74) is 7.79. The molecule has 0 saturated carbocycles. The molecular formula is C17H22N4O2. The van der Waals surface area contributed by atoms with E-state index in [9.17, 15) is 9.59 Å². The van der Waals surface area contributed by atoms with Crippen LogP contribution in [0.1, 0.15) is 50.7 Å². The van der Waals surface area contributed by atoms with E-state index in [-0.39, 0.29) is 24.2 Å². The summed E-state index contributed by atoms with van der Waals surface area (Å²) < 4.78 is 0. The number of carbonyl (C=O) groups excluding carboxylic acids is 2. The number of nitrogens with one attached hydrogen (secondary N) is 2. The van der Waals surface area contributed by atoms with Crippen LogP contribution in [0.2, 0.25) is 0 Å². The molecule has 6 nitrogen and oxygen atoms in total. The van der Waals surface area contributed by atoms with Crippen molar-refractivity contribution >= 4 is 23.7 Å². The van der Waals surface area contributed by atoms with Crippen molar-refractivity contribution in [1.29, 1.82) is 0 Å². The molecule has 0 bridgehead atoms. The highest BCUT2D eigenvalue weighted by Crippen LogP contribution is 2.14. The van der Waals surface area contributed by atoms with Gasteiger partial charge in [-0.2, -0.15) is 10.2 Å². The molecule has 1 aromatic rings. The van der Waals surface area contributed by atoms with Gasteiger partial charge in [0.2, 0.25) is 11.8 Å². The zero-order chi connectivity index (χ0) is 16.8. The maximum absolute atomic E-state index is 11.8. The SMILES string of the molecule is CC1=NNC(=O)[C@H]1CCC(=O)N/N=C\c1ccc(C(C)C)cc1. The molecule has 0 aromatic heterocycles. The van der Waals surface area contributed by atoms with Crippen LogP contribution >= 0.6 is 0 Å². The Morgan fingerprint density at radius 1 is 1.39 bits per heavy atom. The van der Waals surface area contributed by atoms with Crippen molar-refractivity contribution in [2.45, 2.75) is 39.5 Å². The summed E-state index contributed by atoms with van der Waals surface area (Å²) in [6.07, 6.45) is 2.27. The number of rotatable bonds is 6. The van der Waals surface area contributed by atoms with Gasteiger partial charge < -0.3 is 0 Å². The monoisotopic (exact) mass is 314 g/mol.